The smallest absolute Gasteiger partial charge is 0.226 e. The number of carbonyl (C=O) groups is 1. The van der Waals surface area contributed by atoms with Gasteiger partial charge in [-0.25, -0.2) is 0 Å². The predicted molar refractivity (Wildman–Crippen MR) is 99.4 cm³/mol. The first kappa shape index (κ1) is 16.6. The van der Waals surface area contributed by atoms with Crippen molar-refractivity contribution in [1.82, 2.24) is 15.2 Å². The molecular weight excluding hydrogens is 352 g/mol. The molecule has 0 spiro atoms. The molecule has 3 aromatic rings. The summed E-state index contributed by atoms with van der Waals surface area (Å²) < 4.78 is 5.65. The summed E-state index contributed by atoms with van der Waals surface area (Å²) >= 11 is 6.02. The van der Waals surface area contributed by atoms with Gasteiger partial charge in [-0.2, -0.15) is 5.10 Å². The van der Waals surface area contributed by atoms with Crippen LogP contribution in [0.25, 0.3) is 11.3 Å². The van der Waals surface area contributed by atoms with Gasteiger partial charge < -0.3 is 10.1 Å². The van der Waals surface area contributed by atoms with E-state index in [1.54, 1.807) is 18.5 Å². The summed E-state index contributed by atoms with van der Waals surface area (Å²) in [5.74, 6) is 1.38. The van der Waals surface area contributed by atoms with Crippen molar-refractivity contribution in [2.45, 2.75) is 18.8 Å². The molecule has 1 aromatic carbocycles. The number of aromatic amines is 1. The Morgan fingerprint density at radius 2 is 2.12 bits per heavy atom. The second-order valence-electron chi connectivity index (χ2n) is 6.17. The van der Waals surface area contributed by atoms with Crippen LogP contribution in [0.3, 0.4) is 0 Å². The zero-order valence-corrected chi connectivity index (χ0v) is 14.7. The Morgan fingerprint density at radius 3 is 2.96 bits per heavy atom. The number of anilines is 1. The number of fused-ring (bicyclic) bond motifs is 1. The molecule has 1 aliphatic heterocycles. The second kappa shape index (κ2) is 7.17. The number of aromatic nitrogens is 3. The number of halogens is 1. The van der Waals surface area contributed by atoms with E-state index < -0.39 is 0 Å². The van der Waals surface area contributed by atoms with E-state index in [0.29, 0.717) is 23.9 Å². The molecule has 1 unspecified atom stereocenters. The van der Waals surface area contributed by atoms with E-state index in [9.17, 15) is 4.79 Å². The van der Waals surface area contributed by atoms with Crippen LogP contribution in [0.1, 0.15) is 24.3 Å². The maximum absolute atomic E-state index is 12.5. The number of rotatable bonds is 4. The molecule has 7 heteroatoms. The topological polar surface area (TPSA) is 79.9 Å². The van der Waals surface area contributed by atoms with Crippen molar-refractivity contribution in [3.8, 4) is 17.0 Å². The quantitative estimate of drug-likeness (QED) is 0.728. The van der Waals surface area contributed by atoms with Gasteiger partial charge in [0.2, 0.25) is 5.91 Å². The van der Waals surface area contributed by atoms with Gasteiger partial charge >= 0.3 is 0 Å². The van der Waals surface area contributed by atoms with E-state index in [0.717, 1.165) is 29.0 Å². The Hall–Kier alpha value is -2.86. The Morgan fingerprint density at radius 1 is 1.27 bits per heavy atom. The molecule has 0 saturated carbocycles. The Balaban J connectivity index is 1.43. The predicted octanol–water partition coefficient (Wildman–Crippen LogP) is 4.02. The van der Waals surface area contributed by atoms with E-state index in [-0.39, 0.29) is 11.8 Å². The van der Waals surface area contributed by atoms with E-state index in [1.807, 2.05) is 30.3 Å². The highest BCUT2D eigenvalue weighted by molar-refractivity contribution is 6.30. The lowest BCUT2D eigenvalue weighted by Crippen LogP contribution is -2.20. The molecule has 0 radical (unpaired) electrons. The molecule has 132 valence electrons. The minimum Gasteiger partial charge on any atom is -0.493 e. The Kier molecular flexibility index (Phi) is 4.58. The third kappa shape index (κ3) is 3.55. The highest BCUT2D eigenvalue weighted by Gasteiger charge is 2.24. The van der Waals surface area contributed by atoms with Crippen molar-refractivity contribution >= 4 is 23.3 Å². The highest BCUT2D eigenvalue weighted by Crippen LogP contribution is 2.37. The van der Waals surface area contributed by atoms with Gasteiger partial charge in [0.25, 0.3) is 0 Å². The van der Waals surface area contributed by atoms with Gasteiger partial charge in [0.15, 0.2) is 0 Å². The van der Waals surface area contributed by atoms with Crippen molar-refractivity contribution in [1.29, 1.82) is 0 Å². The third-order valence-corrected chi connectivity index (χ3v) is 4.63. The minimum atomic E-state index is -0.0669. The number of benzene rings is 1. The first-order valence-electron chi connectivity index (χ1n) is 8.37. The maximum Gasteiger partial charge on any atom is 0.226 e. The summed E-state index contributed by atoms with van der Waals surface area (Å²) in [6.45, 7) is 0.585. The van der Waals surface area contributed by atoms with Crippen molar-refractivity contribution in [3.63, 3.8) is 0 Å². The molecule has 26 heavy (non-hydrogen) atoms. The number of H-pyrrole nitrogens is 1. The van der Waals surface area contributed by atoms with Crippen molar-refractivity contribution in [2.75, 3.05) is 11.9 Å². The van der Waals surface area contributed by atoms with Gasteiger partial charge in [-0.1, -0.05) is 17.7 Å². The largest absolute Gasteiger partial charge is 0.493 e. The van der Waals surface area contributed by atoms with Crippen LogP contribution in [0.5, 0.6) is 5.75 Å². The molecule has 2 aromatic heterocycles. The van der Waals surface area contributed by atoms with Crippen molar-refractivity contribution in [2.24, 2.45) is 0 Å². The number of hydrogen-bond acceptors (Lipinski definition) is 4. The zero-order chi connectivity index (χ0) is 17.9. The number of ether oxygens (including phenoxy) is 1. The monoisotopic (exact) mass is 368 g/mol. The van der Waals surface area contributed by atoms with Crippen LogP contribution in [-0.2, 0) is 4.79 Å². The Bertz CT molecular complexity index is 926. The Labute approximate surface area is 155 Å². The van der Waals surface area contributed by atoms with Crippen LogP contribution < -0.4 is 10.1 Å². The molecule has 3 heterocycles. The van der Waals surface area contributed by atoms with Gasteiger partial charge in [0.1, 0.15) is 11.6 Å². The van der Waals surface area contributed by atoms with E-state index in [4.69, 9.17) is 16.3 Å². The second-order valence-corrected chi connectivity index (χ2v) is 6.61. The fourth-order valence-electron chi connectivity index (χ4n) is 3.13. The standard InChI is InChI=1S/C19H17ClN4O2/c20-14-1-2-15-13(5-8-26-17(15)10-14)9-19(25)22-18-11-16(23-24-18)12-3-6-21-7-4-12/h1-4,6-7,10-11,13H,5,8-9H2,(H2,22,23,24,25). The van der Waals surface area contributed by atoms with E-state index in [2.05, 4.69) is 20.5 Å². The summed E-state index contributed by atoms with van der Waals surface area (Å²) in [6.07, 6.45) is 4.59. The SMILES string of the molecule is O=C(CC1CCOc2cc(Cl)ccc21)Nc1cc(-c2ccncc2)n[nH]1. The lowest BCUT2D eigenvalue weighted by Gasteiger charge is -2.25. The first-order valence-corrected chi connectivity index (χ1v) is 8.75. The van der Waals surface area contributed by atoms with Crippen LogP contribution >= 0.6 is 11.6 Å². The average Bonchev–Trinajstić information content (AvgIpc) is 3.11. The number of nitrogens with one attached hydrogen (secondary N) is 2. The average molecular weight is 369 g/mol. The lowest BCUT2D eigenvalue weighted by atomic mass is 9.90. The van der Waals surface area contributed by atoms with Crippen LogP contribution in [0.4, 0.5) is 5.82 Å². The summed E-state index contributed by atoms with van der Waals surface area (Å²) in [6, 6.07) is 11.1. The molecule has 1 aliphatic rings. The highest BCUT2D eigenvalue weighted by atomic mass is 35.5. The summed E-state index contributed by atoms with van der Waals surface area (Å²) in [5.41, 5.74) is 2.72. The number of hydrogen-bond donors (Lipinski definition) is 2. The van der Waals surface area contributed by atoms with Crippen LogP contribution in [0.15, 0.2) is 48.8 Å². The van der Waals surface area contributed by atoms with Crippen LogP contribution in [-0.4, -0.2) is 27.7 Å². The molecule has 1 amide bonds. The summed E-state index contributed by atoms with van der Waals surface area (Å²) in [5, 5.41) is 10.6. The molecule has 0 fully saturated rings. The zero-order valence-electron chi connectivity index (χ0n) is 13.9. The summed E-state index contributed by atoms with van der Waals surface area (Å²) in [7, 11) is 0. The van der Waals surface area contributed by atoms with Gasteiger partial charge in [0, 0.05) is 35.5 Å². The maximum atomic E-state index is 12.5. The van der Waals surface area contributed by atoms with Gasteiger partial charge in [-0.3, -0.25) is 14.9 Å². The van der Waals surface area contributed by atoms with Crippen LogP contribution in [0, 0.1) is 0 Å². The van der Waals surface area contributed by atoms with Crippen LogP contribution in [0.2, 0.25) is 5.02 Å². The van der Waals surface area contributed by atoms with E-state index in [1.165, 1.54) is 0 Å². The molecule has 2 N–H and O–H groups in total. The third-order valence-electron chi connectivity index (χ3n) is 4.40. The first-order chi connectivity index (χ1) is 12.7. The lowest BCUT2D eigenvalue weighted by molar-refractivity contribution is -0.116. The van der Waals surface area contributed by atoms with Gasteiger partial charge in [-0.05, 0) is 42.2 Å². The number of amides is 1. The van der Waals surface area contributed by atoms with Gasteiger partial charge in [0.05, 0.1) is 12.3 Å². The summed E-state index contributed by atoms with van der Waals surface area (Å²) in [4.78, 5) is 16.5. The molecule has 4 rings (SSSR count). The minimum absolute atomic E-state index is 0.0669. The molecule has 1 atom stereocenters. The fourth-order valence-corrected chi connectivity index (χ4v) is 3.29. The van der Waals surface area contributed by atoms with Gasteiger partial charge in [-0.15, -0.1) is 0 Å². The molecule has 0 aliphatic carbocycles. The fraction of sp³-hybridized carbons (Fsp3) is 0.211. The van der Waals surface area contributed by atoms with E-state index >= 15 is 0 Å². The molecular formula is C19H17ClN4O2. The number of nitrogens with zero attached hydrogens (tertiary/aromatic N) is 2. The molecule has 6 nitrogen and oxygen atoms in total. The normalized spacial score (nSPS) is 15.8. The molecule has 0 bridgehead atoms. The van der Waals surface area contributed by atoms with Crippen molar-refractivity contribution < 1.29 is 9.53 Å². The van der Waals surface area contributed by atoms with Crippen molar-refractivity contribution in [3.05, 3.63) is 59.4 Å². The number of carbonyl (C=O) groups excluding carboxylic acids is 1. The molecule has 0 saturated heterocycles. The number of pyridine rings is 1.